The van der Waals surface area contributed by atoms with Crippen LogP contribution in [0.4, 0.5) is 4.39 Å². The van der Waals surface area contributed by atoms with E-state index in [0.717, 1.165) is 5.56 Å². The molecule has 1 saturated carbocycles. The Morgan fingerprint density at radius 3 is 2.64 bits per heavy atom. The van der Waals surface area contributed by atoms with Crippen molar-refractivity contribution in [2.45, 2.75) is 25.3 Å². The van der Waals surface area contributed by atoms with Gasteiger partial charge in [-0.1, -0.05) is 12.5 Å². The fourth-order valence-electron chi connectivity index (χ4n) is 1.79. The van der Waals surface area contributed by atoms with Crippen LogP contribution >= 0.6 is 15.9 Å². The molecule has 0 radical (unpaired) electrons. The minimum atomic E-state index is -0.227. The quantitative estimate of drug-likeness (QED) is 0.864. The highest BCUT2D eigenvalue weighted by atomic mass is 79.9. The van der Waals surface area contributed by atoms with Gasteiger partial charge in [0.25, 0.3) is 0 Å². The maximum absolute atomic E-state index is 13.0. The Bertz CT molecular complexity index is 336. The third kappa shape index (κ3) is 1.84. The first kappa shape index (κ1) is 10.1. The zero-order valence-electron chi connectivity index (χ0n) is 7.84. The monoisotopic (exact) mass is 257 g/mol. The van der Waals surface area contributed by atoms with Crippen LogP contribution in [-0.2, 0) is 0 Å². The highest BCUT2D eigenvalue weighted by molar-refractivity contribution is 9.10. The molecule has 0 amide bonds. The predicted molar refractivity (Wildman–Crippen MR) is 58.4 cm³/mol. The molecule has 0 spiro atoms. The zero-order chi connectivity index (χ0) is 10.1. The zero-order valence-corrected chi connectivity index (χ0v) is 9.43. The van der Waals surface area contributed by atoms with Crippen LogP contribution < -0.4 is 5.73 Å². The van der Waals surface area contributed by atoms with Gasteiger partial charge in [-0.2, -0.15) is 0 Å². The van der Waals surface area contributed by atoms with Crippen molar-refractivity contribution >= 4 is 15.9 Å². The van der Waals surface area contributed by atoms with Gasteiger partial charge in [-0.25, -0.2) is 4.39 Å². The molecule has 1 atom stereocenters. The van der Waals surface area contributed by atoms with Crippen molar-refractivity contribution in [1.29, 1.82) is 0 Å². The molecule has 1 aliphatic carbocycles. The van der Waals surface area contributed by atoms with Gasteiger partial charge in [-0.15, -0.1) is 0 Å². The Morgan fingerprint density at radius 2 is 2.14 bits per heavy atom. The van der Waals surface area contributed by atoms with Crippen molar-refractivity contribution < 1.29 is 4.39 Å². The van der Waals surface area contributed by atoms with Gasteiger partial charge in [-0.3, -0.25) is 0 Å². The Hall–Kier alpha value is -0.410. The SMILES string of the molecule is NC(c1ccc(F)c(Br)c1)C1CCC1. The highest BCUT2D eigenvalue weighted by Gasteiger charge is 2.25. The number of hydrogen-bond acceptors (Lipinski definition) is 1. The molecule has 1 nitrogen and oxygen atoms in total. The van der Waals surface area contributed by atoms with Crippen molar-refractivity contribution in [2.24, 2.45) is 11.7 Å². The lowest BCUT2D eigenvalue weighted by Gasteiger charge is -2.31. The van der Waals surface area contributed by atoms with Gasteiger partial charge in [0, 0.05) is 6.04 Å². The molecule has 1 aromatic rings. The molecule has 0 heterocycles. The van der Waals surface area contributed by atoms with E-state index in [1.54, 1.807) is 12.1 Å². The number of hydrogen-bond donors (Lipinski definition) is 1. The summed E-state index contributed by atoms with van der Waals surface area (Å²) >= 11 is 3.17. The fourth-order valence-corrected chi connectivity index (χ4v) is 2.19. The van der Waals surface area contributed by atoms with Crippen molar-refractivity contribution in [1.82, 2.24) is 0 Å². The molecule has 2 N–H and O–H groups in total. The van der Waals surface area contributed by atoms with Gasteiger partial charge < -0.3 is 5.73 Å². The molecule has 14 heavy (non-hydrogen) atoms. The van der Waals surface area contributed by atoms with E-state index in [-0.39, 0.29) is 11.9 Å². The number of benzene rings is 1. The molecule has 1 aliphatic rings. The van der Waals surface area contributed by atoms with Crippen LogP contribution in [0, 0.1) is 11.7 Å². The summed E-state index contributed by atoms with van der Waals surface area (Å²) in [5.74, 6) is 0.363. The minimum Gasteiger partial charge on any atom is -0.324 e. The molecule has 1 fully saturated rings. The topological polar surface area (TPSA) is 26.0 Å². The minimum absolute atomic E-state index is 0.0700. The summed E-state index contributed by atoms with van der Waals surface area (Å²) in [5, 5.41) is 0. The molecule has 3 heteroatoms. The van der Waals surface area contributed by atoms with Crippen LogP contribution in [-0.4, -0.2) is 0 Å². The second-order valence-electron chi connectivity index (χ2n) is 3.89. The fraction of sp³-hybridized carbons (Fsp3) is 0.455. The van der Waals surface area contributed by atoms with Gasteiger partial charge >= 0.3 is 0 Å². The second-order valence-corrected chi connectivity index (χ2v) is 4.74. The normalized spacial score (nSPS) is 19.1. The van der Waals surface area contributed by atoms with Crippen molar-refractivity contribution in [3.8, 4) is 0 Å². The molecule has 1 unspecified atom stereocenters. The molecule has 76 valence electrons. The van der Waals surface area contributed by atoms with Crippen LogP contribution in [0.15, 0.2) is 22.7 Å². The van der Waals surface area contributed by atoms with E-state index in [4.69, 9.17) is 5.73 Å². The van der Waals surface area contributed by atoms with Gasteiger partial charge in [0.05, 0.1) is 4.47 Å². The summed E-state index contributed by atoms with van der Waals surface area (Å²) in [6, 6.07) is 5.11. The molecule has 0 bridgehead atoms. The van der Waals surface area contributed by atoms with E-state index in [0.29, 0.717) is 10.4 Å². The van der Waals surface area contributed by atoms with E-state index >= 15 is 0 Å². The standard InChI is InChI=1S/C11H13BrFN/c12-9-6-8(4-5-10(9)13)11(14)7-2-1-3-7/h4-7,11H,1-3,14H2. The van der Waals surface area contributed by atoms with Crippen molar-refractivity contribution in [3.05, 3.63) is 34.1 Å². The molecule has 0 saturated heterocycles. The lowest BCUT2D eigenvalue weighted by molar-refractivity contribution is 0.264. The molecule has 0 aliphatic heterocycles. The molecule has 1 aromatic carbocycles. The van der Waals surface area contributed by atoms with E-state index in [2.05, 4.69) is 15.9 Å². The molecule has 2 rings (SSSR count). The summed E-state index contributed by atoms with van der Waals surface area (Å²) in [7, 11) is 0. The first-order chi connectivity index (χ1) is 6.68. The molecule has 0 aromatic heterocycles. The average molecular weight is 258 g/mol. The Morgan fingerprint density at radius 1 is 1.43 bits per heavy atom. The molecular formula is C11H13BrFN. The summed E-state index contributed by atoms with van der Waals surface area (Å²) in [4.78, 5) is 0. The van der Waals surface area contributed by atoms with Crippen molar-refractivity contribution in [2.75, 3.05) is 0 Å². The van der Waals surface area contributed by atoms with E-state index < -0.39 is 0 Å². The van der Waals surface area contributed by atoms with Crippen LogP contribution in [0.3, 0.4) is 0 Å². The first-order valence-electron chi connectivity index (χ1n) is 4.89. The maximum Gasteiger partial charge on any atom is 0.137 e. The summed E-state index contributed by atoms with van der Waals surface area (Å²) in [6.45, 7) is 0. The highest BCUT2D eigenvalue weighted by Crippen LogP contribution is 2.36. The van der Waals surface area contributed by atoms with Gasteiger partial charge in [0.1, 0.15) is 5.82 Å². The van der Waals surface area contributed by atoms with E-state index in [9.17, 15) is 4.39 Å². The number of nitrogens with two attached hydrogens (primary N) is 1. The number of halogens is 2. The van der Waals surface area contributed by atoms with Crippen molar-refractivity contribution in [3.63, 3.8) is 0 Å². The Labute approximate surface area is 91.6 Å². The largest absolute Gasteiger partial charge is 0.324 e. The lowest BCUT2D eigenvalue weighted by atomic mass is 9.78. The van der Waals surface area contributed by atoms with Crippen LogP contribution in [0.5, 0.6) is 0 Å². The summed E-state index contributed by atoms with van der Waals surface area (Å²) < 4.78 is 13.5. The van der Waals surface area contributed by atoms with Gasteiger partial charge in [-0.05, 0) is 52.4 Å². The lowest BCUT2D eigenvalue weighted by Crippen LogP contribution is -2.26. The first-order valence-corrected chi connectivity index (χ1v) is 5.68. The van der Waals surface area contributed by atoms with Gasteiger partial charge in [0.2, 0.25) is 0 Å². The summed E-state index contributed by atoms with van der Waals surface area (Å²) in [5.41, 5.74) is 7.11. The third-order valence-corrected chi connectivity index (χ3v) is 3.59. The molecular weight excluding hydrogens is 245 g/mol. The smallest absolute Gasteiger partial charge is 0.137 e. The van der Waals surface area contributed by atoms with Crippen LogP contribution in [0.25, 0.3) is 0 Å². The van der Waals surface area contributed by atoms with E-state index in [1.165, 1.54) is 25.3 Å². The summed E-state index contributed by atoms with van der Waals surface area (Å²) in [6.07, 6.45) is 3.69. The Balaban J connectivity index is 2.18. The maximum atomic E-state index is 13.0. The predicted octanol–water partition coefficient (Wildman–Crippen LogP) is 3.39. The van der Waals surface area contributed by atoms with E-state index in [1.807, 2.05) is 0 Å². The van der Waals surface area contributed by atoms with Crippen LogP contribution in [0.1, 0.15) is 30.9 Å². The average Bonchev–Trinajstić information content (AvgIpc) is 2.06. The van der Waals surface area contributed by atoms with Gasteiger partial charge in [0.15, 0.2) is 0 Å². The second kappa shape index (κ2) is 3.99. The Kier molecular flexibility index (Phi) is 2.88. The number of rotatable bonds is 2. The third-order valence-electron chi connectivity index (χ3n) is 2.99. The van der Waals surface area contributed by atoms with Crippen LogP contribution in [0.2, 0.25) is 0 Å².